The number of nitrogens with zero attached hydrogens (tertiary/aromatic N) is 1. The predicted molar refractivity (Wildman–Crippen MR) is 120 cm³/mol. The molecule has 0 spiro atoms. The van der Waals surface area contributed by atoms with Crippen molar-refractivity contribution in [2.45, 2.75) is 38.8 Å². The Morgan fingerprint density at radius 2 is 1.83 bits per heavy atom. The number of benzene rings is 2. The van der Waals surface area contributed by atoms with Crippen LogP contribution < -0.4 is 15.0 Å². The minimum Gasteiger partial charge on any atom is -0.497 e. The summed E-state index contributed by atoms with van der Waals surface area (Å²) in [5.41, 5.74) is 1.88. The van der Waals surface area contributed by atoms with Crippen molar-refractivity contribution in [1.82, 2.24) is 5.32 Å². The number of alkyl carbamates (subject to hydrolysis) is 1. The molecule has 0 aliphatic heterocycles. The van der Waals surface area contributed by atoms with Crippen LogP contribution in [0.5, 0.6) is 5.75 Å². The molecule has 0 aliphatic carbocycles. The molecule has 1 unspecified atom stereocenters. The van der Waals surface area contributed by atoms with Crippen LogP contribution in [0, 0.1) is 0 Å². The molecular formula is C24H30N2O4. The fourth-order valence-electron chi connectivity index (χ4n) is 2.90. The zero-order chi connectivity index (χ0) is 22.3. The maximum atomic E-state index is 13.3. The maximum absolute atomic E-state index is 13.3. The Labute approximate surface area is 178 Å². The van der Waals surface area contributed by atoms with Crippen LogP contribution >= 0.6 is 0 Å². The van der Waals surface area contributed by atoms with Crippen LogP contribution in [0.1, 0.15) is 31.9 Å². The number of amides is 2. The van der Waals surface area contributed by atoms with Crippen molar-refractivity contribution in [2.75, 3.05) is 19.1 Å². The van der Waals surface area contributed by atoms with Gasteiger partial charge < -0.3 is 19.7 Å². The Morgan fingerprint density at radius 3 is 2.40 bits per heavy atom. The fourth-order valence-corrected chi connectivity index (χ4v) is 2.90. The summed E-state index contributed by atoms with van der Waals surface area (Å²) in [6.45, 7) is 9.12. The van der Waals surface area contributed by atoms with Gasteiger partial charge in [0.05, 0.1) is 7.11 Å². The lowest BCUT2D eigenvalue weighted by Gasteiger charge is -2.27. The van der Waals surface area contributed by atoms with Crippen molar-refractivity contribution < 1.29 is 19.1 Å². The van der Waals surface area contributed by atoms with Crippen molar-refractivity contribution in [3.8, 4) is 5.75 Å². The Morgan fingerprint density at radius 1 is 1.17 bits per heavy atom. The smallest absolute Gasteiger partial charge is 0.408 e. The van der Waals surface area contributed by atoms with Gasteiger partial charge in [-0.15, -0.1) is 0 Å². The van der Waals surface area contributed by atoms with E-state index in [1.165, 1.54) is 4.90 Å². The number of carbonyl (C=O) groups is 2. The molecule has 160 valence electrons. The van der Waals surface area contributed by atoms with E-state index in [1.54, 1.807) is 65.3 Å². The molecule has 0 aliphatic rings. The molecule has 0 heterocycles. The Balaban J connectivity index is 2.26. The van der Waals surface area contributed by atoms with E-state index in [1.807, 2.05) is 24.3 Å². The monoisotopic (exact) mass is 410 g/mol. The summed E-state index contributed by atoms with van der Waals surface area (Å²) in [6, 6.07) is 14.0. The van der Waals surface area contributed by atoms with Gasteiger partial charge in [-0.25, -0.2) is 4.79 Å². The minimum atomic E-state index is -0.799. The highest BCUT2D eigenvalue weighted by Crippen LogP contribution is 2.20. The molecule has 2 aromatic carbocycles. The molecule has 0 saturated carbocycles. The second-order valence-electron chi connectivity index (χ2n) is 7.95. The molecule has 6 heteroatoms. The van der Waals surface area contributed by atoms with E-state index in [4.69, 9.17) is 9.47 Å². The van der Waals surface area contributed by atoms with Crippen molar-refractivity contribution in [2.24, 2.45) is 0 Å². The number of rotatable bonds is 7. The standard InChI is InChI=1S/C24H30N2O4/c1-7-17-9-8-10-18(15-17)16-21(25-23(28)30-24(2,3)4)22(27)26(5)19-11-13-20(29-6)14-12-19/h7-15,21H,1,16H2,2-6H3,(H,25,28). The van der Waals surface area contributed by atoms with E-state index < -0.39 is 17.7 Å². The minimum absolute atomic E-state index is 0.255. The highest BCUT2D eigenvalue weighted by Gasteiger charge is 2.27. The number of hydrogen-bond acceptors (Lipinski definition) is 4. The summed E-state index contributed by atoms with van der Waals surface area (Å²) in [5, 5.41) is 2.73. The van der Waals surface area contributed by atoms with Crippen LogP contribution in [-0.4, -0.2) is 37.8 Å². The van der Waals surface area contributed by atoms with Crippen molar-refractivity contribution >= 4 is 23.8 Å². The summed E-state index contributed by atoms with van der Waals surface area (Å²) in [7, 11) is 3.26. The van der Waals surface area contributed by atoms with Gasteiger partial charge in [-0.05, 0) is 56.2 Å². The second kappa shape index (κ2) is 9.96. The summed E-state index contributed by atoms with van der Waals surface area (Å²) >= 11 is 0. The van der Waals surface area contributed by atoms with Gasteiger partial charge in [0.2, 0.25) is 5.91 Å². The number of ether oxygens (including phenoxy) is 2. The molecular weight excluding hydrogens is 380 g/mol. The van der Waals surface area contributed by atoms with Gasteiger partial charge in [-0.3, -0.25) is 4.79 Å². The Kier molecular flexibility index (Phi) is 7.64. The summed E-state index contributed by atoms with van der Waals surface area (Å²) < 4.78 is 10.5. The van der Waals surface area contributed by atoms with Gasteiger partial charge >= 0.3 is 6.09 Å². The third-order valence-corrected chi connectivity index (χ3v) is 4.41. The average Bonchev–Trinajstić information content (AvgIpc) is 2.71. The van der Waals surface area contributed by atoms with Crippen molar-refractivity contribution in [3.05, 3.63) is 66.2 Å². The van der Waals surface area contributed by atoms with Crippen LogP contribution in [0.3, 0.4) is 0 Å². The van der Waals surface area contributed by atoms with Crippen molar-refractivity contribution in [1.29, 1.82) is 0 Å². The first-order valence-electron chi connectivity index (χ1n) is 9.75. The third-order valence-electron chi connectivity index (χ3n) is 4.41. The normalized spacial score (nSPS) is 11.9. The molecule has 0 saturated heterocycles. The topological polar surface area (TPSA) is 67.9 Å². The number of anilines is 1. The van der Waals surface area contributed by atoms with Crippen LogP contribution in [0.4, 0.5) is 10.5 Å². The van der Waals surface area contributed by atoms with E-state index in [9.17, 15) is 9.59 Å². The molecule has 2 amide bonds. The third kappa shape index (κ3) is 6.65. The quantitative estimate of drug-likeness (QED) is 0.733. The van der Waals surface area contributed by atoms with E-state index >= 15 is 0 Å². The highest BCUT2D eigenvalue weighted by atomic mass is 16.6. The van der Waals surface area contributed by atoms with E-state index in [-0.39, 0.29) is 5.91 Å². The van der Waals surface area contributed by atoms with Gasteiger partial charge in [0.1, 0.15) is 17.4 Å². The van der Waals surface area contributed by atoms with Crippen LogP contribution in [0.25, 0.3) is 6.08 Å². The molecule has 6 nitrogen and oxygen atoms in total. The van der Waals surface area contributed by atoms with Gasteiger partial charge in [0.25, 0.3) is 0 Å². The van der Waals surface area contributed by atoms with E-state index in [0.29, 0.717) is 17.9 Å². The van der Waals surface area contributed by atoms with Crippen LogP contribution in [0.15, 0.2) is 55.1 Å². The summed E-state index contributed by atoms with van der Waals surface area (Å²) in [5.74, 6) is 0.444. The van der Waals surface area contributed by atoms with Gasteiger partial charge in [0.15, 0.2) is 0 Å². The van der Waals surface area contributed by atoms with Crippen LogP contribution in [0.2, 0.25) is 0 Å². The Bertz CT molecular complexity index is 885. The molecule has 0 bridgehead atoms. The SMILES string of the molecule is C=Cc1cccc(CC(NC(=O)OC(C)(C)C)C(=O)N(C)c2ccc(OC)cc2)c1. The van der Waals surface area contributed by atoms with Crippen molar-refractivity contribution in [3.63, 3.8) is 0 Å². The molecule has 2 aromatic rings. The first kappa shape index (κ1) is 23.0. The summed E-state index contributed by atoms with van der Waals surface area (Å²) in [4.78, 5) is 27.2. The zero-order valence-electron chi connectivity index (χ0n) is 18.3. The number of likely N-dealkylation sites (N-methyl/N-ethyl adjacent to an activating group) is 1. The first-order chi connectivity index (χ1) is 14.1. The average molecular weight is 411 g/mol. The lowest BCUT2D eigenvalue weighted by molar-refractivity contribution is -0.120. The summed E-state index contributed by atoms with van der Waals surface area (Å²) in [6.07, 6.45) is 1.43. The molecule has 1 N–H and O–H groups in total. The number of hydrogen-bond donors (Lipinski definition) is 1. The number of carbonyl (C=O) groups excluding carboxylic acids is 2. The fraction of sp³-hybridized carbons (Fsp3) is 0.333. The lowest BCUT2D eigenvalue weighted by Crippen LogP contribution is -2.50. The maximum Gasteiger partial charge on any atom is 0.408 e. The molecule has 1 atom stereocenters. The zero-order valence-corrected chi connectivity index (χ0v) is 18.3. The predicted octanol–water partition coefficient (Wildman–Crippen LogP) is 4.44. The number of nitrogens with one attached hydrogen (secondary N) is 1. The molecule has 30 heavy (non-hydrogen) atoms. The molecule has 2 rings (SSSR count). The lowest BCUT2D eigenvalue weighted by atomic mass is 10.0. The van der Waals surface area contributed by atoms with Gasteiger partial charge in [0, 0.05) is 19.2 Å². The van der Waals surface area contributed by atoms with Gasteiger partial charge in [-0.2, -0.15) is 0 Å². The second-order valence-corrected chi connectivity index (χ2v) is 7.95. The molecule has 0 fully saturated rings. The van der Waals surface area contributed by atoms with E-state index in [2.05, 4.69) is 11.9 Å². The Hall–Kier alpha value is -3.28. The van der Waals surface area contributed by atoms with E-state index in [0.717, 1.165) is 11.1 Å². The molecule has 0 radical (unpaired) electrons. The largest absolute Gasteiger partial charge is 0.497 e. The highest BCUT2D eigenvalue weighted by molar-refractivity contribution is 5.98. The van der Waals surface area contributed by atoms with Crippen LogP contribution in [-0.2, 0) is 16.0 Å². The number of methoxy groups -OCH3 is 1. The first-order valence-corrected chi connectivity index (χ1v) is 9.75. The molecule has 0 aromatic heterocycles. The van der Waals surface area contributed by atoms with Gasteiger partial charge in [-0.1, -0.05) is 36.9 Å².